The third-order valence-electron chi connectivity index (χ3n) is 3.03. The number of piperidine rings is 1. The van der Waals surface area contributed by atoms with Gasteiger partial charge in [-0.05, 0) is 19.8 Å². The molecule has 0 bridgehead atoms. The maximum atomic E-state index is 11.5. The van der Waals surface area contributed by atoms with Crippen LogP contribution in [0.1, 0.15) is 32.6 Å². The molecule has 102 valence electrons. The van der Waals surface area contributed by atoms with Crippen molar-refractivity contribution in [3.05, 3.63) is 0 Å². The summed E-state index contributed by atoms with van der Waals surface area (Å²) >= 11 is 5.48. The van der Waals surface area contributed by atoms with Crippen LogP contribution in [0.25, 0.3) is 0 Å². The zero-order valence-electron chi connectivity index (χ0n) is 10.6. The van der Waals surface area contributed by atoms with Crippen LogP contribution in [0.3, 0.4) is 0 Å². The lowest BCUT2D eigenvalue weighted by Gasteiger charge is -2.32. The number of nitrogens with one attached hydrogen (secondary N) is 1. The van der Waals surface area contributed by atoms with Crippen molar-refractivity contribution in [2.24, 2.45) is 0 Å². The van der Waals surface area contributed by atoms with Crippen LogP contribution in [0.15, 0.2) is 0 Å². The first-order valence-electron chi connectivity index (χ1n) is 6.15. The van der Waals surface area contributed by atoms with Crippen molar-refractivity contribution < 1.29 is 14.4 Å². The second-order valence-electron chi connectivity index (χ2n) is 4.56. The Bertz CT molecular complexity index is 325. The SMILES string of the molecule is CC(=O)CCC(=O)NC1CCN(C(=O)CCl)CC1. The number of alkyl halides is 1. The molecule has 0 aromatic heterocycles. The average Bonchev–Trinajstić information content (AvgIpc) is 2.36. The summed E-state index contributed by atoms with van der Waals surface area (Å²) in [5.41, 5.74) is 0. The molecule has 1 fully saturated rings. The predicted molar refractivity (Wildman–Crippen MR) is 68.4 cm³/mol. The van der Waals surface area contributed by atoms with E-state index >= 15 is 0 Å². The van der Waals surface area contributed by atoms with Crippen LogP contribution in [0.2, 0.25) is 0 Å². The van der Waals surface area contributed by atoms with E-state index in [1.807, 2.05) is 0 Å². The molecule has 1 aliphatic rings. The van der Waals surface area contributed by atoms with Crippen molar-refractivity contribution in [2.45, 2.75) is 38.6 Å². The Hall–Kier alpha value is -1.10. The fraction of sp³-hybridized carbons (Fsp3) is 0.750. The predicted octanol–water partition coefficient (Wildman–Crippen LogP) is 0.702. The fourth-order valence-electron chi connectivity index (χ4n) is 1.95. The minimum absolute atomic E-state index is 0.00956. The van der Waals surface area contributed by atoms with E-state index < -0.39 is 0 Å². The monoisotopic (exact) mass is 274 g/mol. The Morgan fingerprint density at radius 1 is 1.22 bits per heavy atom. The van der Waals surface area contributed by atoms with Crippen molar-refractivity contribution in [1.29, 1.82) is 0 Å². The van der Waals surface area contributed by atoms with E-state index in [-0.39, 0.29) is 42.4 Å². The molecule has 0 aromatic carbocycles. The second-order valence-corrected chi connectivity index (χ2v) is 4.83. The first kappa shape index (κ1) is 15.0. The van der Waals surface area contributed by atoms with Crippen molar-refractivity contribution in [1.82, 2.24) is 10.2 Å². The van der Waals surface area contributed by atoms with Gasteiger partial charge in [-0.3, -0.25) is 9.59 Å². The molecule has 6 heteroatoms. The largest absolute Gasteiger partial charge is 0.353 e. The molecule has 1 rings (SSSR count). The number of hydrogen-bond donors (Lipinski definition) is 1. The highest BCUT2D eigenvalue weighted by Gasteiger charge is 2.23. The Morgan fingerprint density at radius 3 is 2.33 bits per heavy atom. The molecule has 0 saturated carbocycles. The molecule has 2 amide bonds. The lowest BCUT2D eigenvalue weighted by atomic mass is 10.0. The number of carbonyl (C=O) groups is 3. The highest BCUT2D eigenvalue weighted by atomic mass is 35.5. The molecule has 1 aliphatic heterocycles. The van der Waals surface area contributed by atoms with Crippen molar-refractivity contribution in [3.63, 3.8) is 0 Å². The number of halogens is 1. The summed E-state index contributed by atoms with van der Waals surface area (Å²) in [6.45, 7) is 2.73. The quantitative estimate of drug-likeness (QED) is 0.751. The molecule has 1 saturated heterocycles. The van der Waals surface area contributed by atoms with Crippen molar-refractivity contribution in [3.8, 4) is 0 Å². The number of hydrogen-bond acceptors (Lipinski definition) is 3. The molecule has 18 heavy (non-hydrogen) atoms. The van der Waals surface area contributed by atoms with Crippen LogP contribution >= 0.6 is 11.6 Å². The van der Waals surface area contributed by atoms with Crippen molar-refractivity contribution in [2.75, 3.05) is 19.0 Å². The molecule has 5 nitrogen and oxygen atoms in total. The molecule has 0 spiro atoms. The zero-order chi connectivity index (χ0) is 13.5. The van der Waals surface area contributed by atoms with E-state index in [4.69, 9.17) is 11.6 Å². The zero-order valence-corrected chi connectivity index (χ0v) is 11.3. The molecular formula is C12H19ClN2O3. The van der Waals surface area contributed by atoms with E-state index in [0.29, 0.717) is 13.1 Å². The van der Waals surface area contributed by atoms with Crippen LogP contribution in [-0.2, 0) is 14.4 Å². The van der Waals surface area contributed by atoms with E-state index in [9.17, 15) is 14.4 Å². The lowest BCUT2D eigenvalue weighted by Crippen LogP contribution is -2.46. The summed E-state index contributed by atoms with van der Waals surface area (Å²) in [5.74, 6) is -0.117. The third-order valence-corrected chi connectivity index (χ3v) is 3.26. The molecular weight excluding hydrogens is 256 g/mol. The summed E-state index contributed by atoms with van der Waals surface area (Å²) in [5, 5.41) is 2.89. The summed E-state index contributed by atoms with van der Waals surface area (Å²) < 4.78 is 0. The van der Waals surface area contributed by atoms with E-state index in [1.54, 1.807) is 4.90 Å². The van der Waals surface area contributed by atoms with Crippen LogP contribution in [0.4, 0.5) is 0 Å². The van der Waals surface area contributed by atoms with Gasteiger partial charge in [0.25, 0.3) is 0 Å². The lowest BCUT2D eigenvalue weighted by molar-refractivity contribution is -0.130. The summed E-state index contributed by atoms with van der Waals surface area (Å²) in [7, 11) is 0. The number of rotatable bonds is 5. The summed E-state index contributed by atoms with van der Waals surface area (Å²) in [6, 6.07) is 0.101. The van der Waals surface area contributed by atoms with Gasteiger partial charge in [0.1, 0.15) is 11.7 Å². The van der Waals surface area contributed by atoms with Gasteiger partial charge < -0.3 is 15.0 Å². The van der Waals surface area contributed by atoms with Gasteiger partial charge in [0.15, 0.2) is 0 Å². The summed E-state index contributed by atoms with van der Waals surface area (Å²) in [4.78, 5) is 35.3. The minimum atomic E-state index is -0.0904. The highest BCUT2D eigenvalue weighted by Crippen LogP contribution is 2.11. The third kappa shape index (κ3) is 5.04. The number of ketones is 1. The van der Waals surface area contributed by atoms with Gasteiger partial charge in [-0.15, -0.1) is 11.6 Å². The molecule has 0 atom stereocenters. The standard InChI is InChI=1S/C12H19ClN2O3/c1-9(16)2-3-11(17)14-10-4-6-15(7-5-10)12(18)8-13/h10H,2-8H2,1H3,(H,14,17). The van der Waals surface area contributed by atoms with Crippen LogP contribution < -0.4 is 5.32 Å². The second kappa shape index (κ2) is 7.36. The van der Waals surface area contributed by atoms with E-state index in [1.165, 1.54) is 6.92 Å². The minimum Gasteiger partial charge on any atom is -0.353 e. The van der Waals surface area contributed by atoms with Crippen LogP contribution in [0, 0.1) is 0 Å². The molecule has 1 N–H and O–H groups in total. The maximum absolute atomic E-state index is 11.5. The van der Waals surface area contributed by atoms with Gasteiger partial charge >= 0.3 is 0 Å². The van der Waals surface area contributed by atoms with Gasteiger partial charge in [-0.1, -0.05) is 0 Å². The van der Waals surface area contributed by atoms with Gasteiger partial charge in [0.2, 0.25) is 11.8 Å². The molecule has 0 radical (unpaired) electrons. The average molecular weight is 275 g/mol. The summed E-state index contributed by atoms with van der Waals surface area (Å²) in [6.07, 6.45) is 2.02. The number of likely N-dealkylation sites (tertiary alicyclic amines) is 1. The van der Waals surface area contributed by atoms with E-state index in [0.717, 1.165) is 12.8 Å². The number of carbonyl (C=O) groups excluding carboxylic acids is 3. The Morgan fingerprint density at radius 2 is 1.83 bits per heavy atom. The van der Waals surface area contributed by atoms with E-state index in [2.05, 4.69) is 5.32 Å². The first-order chi connectivity index (χ1) is 8.52. The first-order valence-corrected chi connectivity index (χ1v) is 6.69. The van der Waals surface area contributed by atoms with Gasteiger partial charge in [-0.2, -0.15) is 0 Å². The van der Waals surface area contributed by atoms with Gasteiger partial charge in [-0.25, -0.2) is 0 Å². The molecule has 0 aromatic rings. The van der Waals surface area contributed by atoms with Crippen LogP contribution in [-0.4, -0.2) is 47.5 Å². The van der Waals surface area contributed by atoms with Gasteiger partial charge in [0.05, 0.1) is 0 Å². The number of amides is 2. The fourth-order valence-corrected chi connectivity index (χ4v) is 2.12. The van der Waals surface area contributed by atoms with Gasteiger partial charge in [0, 0.05) is 32.0 Å². The Labute approximate surface area is 112 Å². The number of nitrogens with zero attached hydrogens (tertiary/aromatic N) is 1. The molecule has 1 heterocycles. The number of Topliss-reactive ketones (excluding diaryl/α,β-unsaturated/α-hetero) is 1. The van der Waals surface area contributed by atoms with Crippen molar-refractivity contribution >= 4 is 29.2 Å². The Kier molecular flexibility index (Phi) is 6.12. The topological polar surface area (TPSA) is 66.5 Å². The van der Waals surface area contributed by atoms with Crippen LogP contribution in [0.5, 0.6) is 0 Å². The molecule has 0 aliphatic carbocycles. The smallest absolute Gasteiger partial charge is 0.237 e. The molecule has 0 unspecified atom stereocenters. The highest BCUT2D eigenvalue weighted by molar-refractivity contribution is 6.27. The normalized spacial score (nSPS) is 16.4. The Balaban J connectivity index is 2.25. The maximum Gasteiger partial charge on any atom is 0.237 e.